The van der Waals surface area contributed by atoms with Crippen molar-refractivity contribution < 1.29 is 0 Å². The maximum absolute atomic E-state index is 4.48. The second kappa shape index (κ2) is 5.89. The van der Waals surface area contributed by atoms with Crippen molar-refractivity contribution in [1.29, 1.82) is 0 Å². The fourth-order valence-electron chi connectivity index (χ4n) is 3.44. The lowest BCUT2D eigenvalue weighted by molar-refractivity contribution is 0.137. The second-order valence-electron chi connectivity index (χ2n) is 6.02. The molecular formula is C18H20N4. The molecule has 1 N–H and O–H groups in total. The number of H-pyrrole nitrogens is 1. The number of hydrogen-bond acceptors (Lipinski definition) is 3. The van der Waals surface area contributed by atoms with Crippen molar-refractivity contribution in [3.8, 4) is 0 Å². The zero-order valence-electron chi connectivity index (χ0n) is 12.6. The first-order chi connectivity index (χ1) is 10.9. The molecule has 4 heteroatoms. The quantitative estimate of drug-likeness (QED) is 0.801. The topological polar surface area (TPSA) is 44.8 Å². The van der Waals surface area contributed by atoms with Gasteiger partial charge in [-0.15, -0.1) is 0 Å². The summed E-state index contributed by atoms with van der Waals surface area (Å²) in [5, 5.41) is 1.27. The van der Waals surface area contributed by atoms with E-state index >= 15 is 0 Å². The van der Waals surface area contributed by atoms with Crippen molar-refractivity contribution in [2.45, 2.75) is 31.8 Å². The lowest BCUT2D eigenvalue weighted by atomic mass is 9.98. The minimum Gasteiger partial charge on any atom is -0.361 e. The molecule has 1 aliphatic heterocycles. The van der Waals surface area contributed by atoms with Gasteiger partial charge in [0.1, 0.15) is 6.33 Å². The molecule has 112 valence electrons. The van der Waals surface area contributed by atoms with Gasteiger partial charge in [0.15, 0.2) is 0 Å². The molecule has 1 aromatic carbocycles. The molecule has 3 aromatic rings. The van der Waals surface area contributed by atoms with Crippen LogP contribution in [0.5, 0.6) is 0 Å². The number of likely N-dealkylation sites (tertiary alicyclic amines) is 1. The largest absolute Gasteiger partial charge is 0.361 e. The highest BCUT2D eigenvalue weighted by Gasteiger charge is 2.24. The van der Waals surface area contributed by atoms with Crippen LogP contribution in [0.4, 0.5) is 0 Å². The maximum atomic E-state index is 4.48. The number of aromatic amines is 1. The summed E-state index contributed by atoms with van der Waals surface area (Å²) in [6, 6.07) is 11.3. The van der Waals surface area contributed by atoms with Crippen molar-refractivity contribution in [3.63, 3.8) is 0 Å². The summed E-state index contributed by atoms with van der Waals surface area (Å²) >= 11 is 0. The Morgan fingerprint density at radius 1 is 1.18 bits per heavy atom. The molecule has 3 heterocycles. The van der Waals surface area contributed by atoms with E-state index in [2.05, 4.69) is 50.2 Å². The Morgan fingerprint density at radius 3 is 3.09 bits per heavy atom. The van der Waals surface area contributed by atoms with Gasteiger partial charge < -0.3 is 4.98 Å². The van der Waals surface area contributed by atoms with Gasteiger partial charge in [0, 0.05) is 24.5 Å². The highest BCUT2D eigenvalue weighted by Crippen LogP contribution is 2.31. The first-order valence-corrected chi connectivity index (χ1v) is 7.96. The van der Waals surface area contributed by atoms with E-state index in [9.17, 15) is 0 Å². The number of fused-ring (bicyclic) bond motifs is 1. The maximum Gasteiger partial charge on any atom is 0.115 e. The Hall–Kier alpha value is -2.20. The fourth-order valence-corrected chi connectivity index (χ4v) is 3.44. The zero-order chi connectivity index (χ0) is 14.8. The van der Waals surface area contributed by atoms with E-state index in [1.807, 2.05) is 12.4 Å². The summed E-state index contributed by atoms with van der Waals surface area (Å²) < 4.78 is 0. The minimum atomic E-state index is 0.413. The first-order valence-electron chi connectivity index (χ1n) is 7.96. The van der Waals surface area contributed by atoms with Gasteiger partial charge in [-0.05, 0) is 48.5 Å². The molecule has 0 spiro atoms. The van der Waals surface area contributed by atoms with Crippen LogP contribution in [0.2, 0.25) is 0 Å². The SMILES string of the molecule is c1cc(C2CCCCN2Cc2ccc3cc[nH]c3c2)ncn1. The van der Waals surface area contributed by atoms with Gasteiger partial charge in [0.05, 0.1) is 11.7 Å². The summed E-state index contributed by atoms with van der Waals surface area (Å²) in [6.07, 6.45) is 9.24. The third kappa shape index (κ3) is 2.62. The molecule has 1 atom stereocenters. The monoisotopic (exact) mass is 292 g/mol. The molecule has 1 saturated heterocycles. The highest BCUT2D eigenvalue weighted by molar-refractivity contribution is 5.79. The van der Waals surface area contributed by atoms with Crippen LogP contribution in [0.15, 0.2) is 49.1 Å². The normalized spacial score (nSPS) is 19.5. The number of nitrogens with zero attached hydrogens (tertiary/aromatic N) is 3. The Kier molecular flexibility index (Phi) is 3.60. The molecule has 0 aliphatic carbocycles. The van der Waals surface area contributed by atoms with E-state index in [1.165, 1.54) is 35.7 Å². The number of rotatable bonds is 3. The van der Waals surface area contributed by atoms with Crippen LogP contribution in [0.25, 0.3) is 10.9 Å². The first kappa shape index (κ1) is 13.5. The van der Waals surface area contributed by atoms with Crippen LogP contribution in [0, 0.1) is 0 Å². The lowest BCUT2D eigenvalue weighted by Crippen LogP contribution is -2.33. The fraction of sp³-hybridized carbons (Fsp3) is 0.333. The van der Waals surface area contributed by atoms with Gasteiger partial charge in [-0.3, -0.25) is 4.90 Å². The van der Waals surface area contributed by atoms with Gasteiger partial charge in [-0.25, -0.2) is 9.97 Å². The van der Waals surface area contributed by atoms with Gasteiger partial charge >= 0.3 is 0 Å². The van der Waals surface area contributed by atoms with Crippen molar-refractivity contribution in [3.05, 3.63) is 60.3 Å². The van der Waals surface area contributed by atoms with Crippen molar-refractivity contribution in [2.24, 2.45) is 0 Å². The number of nitrogens with one attached hydrogen (secondary N) is 1. The molecule has 1 unspecified atom stereocenters. The van der Waals surface area contributed by atoms with E-state index in [1.54, 1.807) is 6.33 Å². The van der Waals surface area contributed by atoms with Crippen molar-refractivity contribution in [1.82, 2.24) is 19.9 Å². The Balaban J connectivity index is 1.59. The van der Waals surface area contributed by atoms with E-state index in [0.29, 0.717) is 6.04 Å². The smallest absolute Gasteiger partial charge is 0.115 e. The number of hydrogen-bond donors (Lipinski definition) is 1. The van der Waals surface area contributed by atoms with Crippen LogP contribution in [-0.2, 0) is 6.54 Å². The van der Waals surface area contributed by atoms with Crippen molar-refractivity contribution in [2.75, 3.05) is 6.54 Å². The summed E-state index contributed by atoms with van der Waals surface area (Å²) in [7, 11) is 0. The van der Waals surface area contributed by atoms with E-state index < -0.39 is 0 Å². The average Bonchev–Trinajstić information content (AvgIpc) is 3.04. The molecule has 0 radical (unpaired) electrons. The van der Waals surface area contributed by atoms with Gasteiger partial charge in [0.25, 0.3) is 0 Å². The predicted octanol–water partition coefficient (Wildman–Crippen LogP) is 3.69. The van der Waals surface area contributed by atoms with Crippen molar-refractivity contribution >= 4 is 10.9 Å². The Morgan fingerprint density at radius 2 is 2.18 bits per heavy atom. The number of piperidine rings is 1. The zero-order valence-corrected chi connectivity index (χ0v) is 12.6. The molecule has 22 heavy (non-hydrogen) atoms. The van der Waals surface area contributed by atoms with E-state index in [0.717, 1.165) is 18.8 Å². The van der Waals surface area contributed by atoms with Crippen LogP contribution in [-0.4, -0.2) is 26.4 Å². The summed E-state index contributed by atoms with van der Waals surface area (Å²) in [4.78, 5) is 14.4. The number of benzene rings is 1. The predicted molar refractivity (Wildman–Crippen MR) is 87.3 cm³/mol. The molecule has 0 saturated carbocycles. The summed E-state index contributed by atoms with van der Waals surface area (Å²) in [5.41, 5.74) is 3.72. The highest BCUT2D eigenvalue weighted by atomic mass is 15.2. The summed E-state index contributed by atoms with van der Waals surface area (Å²) in [5.74, 6) is 0. The molecule has 4 nitrogen and oxygen atoms in total. The molecule has 1 aliphatic rings. The third-order valence-electron chi connectivity index (χ3n) is 4.57. The van der Waals surface area contributed by atoms with Crippen LogP contribution >= 0.6 is 0 Å². The van der Waals surface area contributed by atoms with Crippen LogP contribution in [0.1, 0.15) is 36.6 Å². The number of aromatic nitrogens is 3. The second-order valence-corrected chi connectivity index (χ2v) is 6.02. The van der Waals surface area contributed by atoms with Crippen LogP contribution < -0.4 is 0 Å². The lowest BCUT2D eigenvalue weighted by Gasteiger charge is -2.35. The van der Waals surface area contributed by atoms with E-state index in [-0.39, 0.29) is 0 Å². The Labute approximate surface area is 130 Å². The standard InChI is InChI=1S/C18H20N4/c1-2-10-22(18(3-1)16-7-8-19-13-21-16)12-14-4-5-15-6-9-20-17(15)11-14/h4-9,11,13,18,20H,1-3,10,12H2. The van der Waals surface area contributed by atoms with Gasteiger partial charge in [0.2, 0.25) is 0 Å². The third-order valence-corrected chi connectivity index (χ3v) is 4.57. The van der Waals surface area contributed by atoms with Crippen LogP contribution in [0.3, 0.4) is 0 Å². The minimum absolute atomic E-state index is 0.413. The van der Waals surface area contributed by atoms with E-state index in [4.69, 9.17) is 0 Å². The summed E-state index contributed by atoms with van der Waals surface area (Å²) in [6.45, 7) is 2.11. The van der Waals surface area contributed by atoms with Gasteiger partial charge in [-0.1, -0.05) is 18.6 Å². The molecular weight excluding hydrogens is 272 g/mol. The molecule has 0 bridgehead atoms. The molecule has 4 rings (SSSR count). The Bertz CT molecular complexity index is 750. The molecule has 1 fully saturated rings. The molecule has 0 amide bonds. The van der Waals surface area contributed by atoms with Gasteiger partial charge in [-0.2, -0.15) is 0 Å². The average molecular weight is 292 g/mol. The molecule has 2 aromatic heterocycles.